The van der Waals surface area contributed by atoms with Gasteiger partial charge in [0.15, 0.2) is 0 Å². The van der Waals surface area contributed by atoms with Crippen LogP contribution < -0.4 is 0 Å². The molecule has 0 aromatic heterocycles. The molecule has 3 heteroatoms. The third-order valence-electron chi connectivity index (χ3n) is 3.22. The lowest BCUT2D eigenvalue weighted by atomic mass is 10.1. The SMILES string of the molecule is C=C(CC)CCN1CCN(C(C)S)CC1. The number of nitrogens with zero attached hydrogens (tertiary/aromatic N) is 2. The quantitative estimate of drug-likeness (QED) is 0.569. The molecule has 1 atom stereocenters. The summed E-state index contributed by atoms with van der Waals surface area (Å²) in [5, 5.41) is 0.401. The number of hydrogen-bond donors (Lipinski definition) is 1. The van der Waals surface area contributed by atoms with E-state index in [-0.39, 0.29) is 0 Å². The third-order valence-corrected chi connectivity index (χ3v) is 3.54. The number of thiol groups is 1. The molecule has 0 aromatic rings. The summed E-state index contributed by atoms with van der Waals surface area (Å²) in [6.07, 6.45) is 2.28. The minimum absolute atomic E-state index is 0.401. The summed E-state index contributed by atoms with van der Waals surface area (Å²) in [4.78, 5) is 4.96. The molecule has 1 fully saturated rings. The molecular weight excluding hydrogens is 204 g/mol. The molecule has 1 aliphatic heterocycles. The van der Waals surface area contributed by atoms with Crippen molar-refractivity contribution in [2.45, 2.75) is 32.1 Å². The van der Waals surface area contributed by atoms with Crippen molar-refractivity contribution in [3.8, 4) is 0 Å². The zero-order valence-corrected chi connectivity index (χ0v) is 11.0. The Morgan fingerprint density at radius 1 is 1.33 bits per heavy atom. The molecule has 88 valence electrons. The fraction of sp³-hybridized carbons (Fsp3) is 0.833. The van der Waals surface area contributed by atoms with Gasteiger partial charge in [0.25, 0.3) is 0 Å². The fourth-order valence-electron chi connectivity index (χ4n) is 1.85. The van der Waals surface area contributed by atoms with E-state index in [4.69, 9.17) is 0 Å². The van der Waals surface area contributed by atoms with Crippen LogP contribution >= 0.6 is 12.6 Å². The van der Waals surface area contributed by atoms with Crippen molar-refractivity contribution in [2.75, 3.05) is 32.7 Å². The minimum Gasteiger partial charge on any atom is -0.300 e. The van der Waals surface area contributed by atoms with E-state index in [2.05, 4.69) is 42.9 Å². The van der Waals surface area contributed by atoms with E-state index < -0.39 is 0 Å². The Morgan fingerprint density at radius 2 is 1.93 bits per heavy atom. The normalized spacial score (nSPS) is 21.5. The summed E-state index contributed by atoms with van der Waals surface area (Å²) in [5.41, 5.74) is 1.37. The molecule has 0 aromatic carbocycles. The number of piperazine rings is 1. The first kappa shape index (κ1) is 13.1. The van der Waals surface area contributed by atoms with Crippen LogP contribution in [0.2, 0.25) is 0 Å². The smallest absolute Gasteiger partial charge is 0.0500 e. The summed E-state index contributed by atoms with van der Waals surface area (Å²) >= 11 is 4.46. The summed E-state index contributed by atoms with van der Waals surface area (Å²) < 4.78 is 0. The molecule has 0 spiro atoms. The van der Waals surface area contributed by atoms with E-state index in [9.17, 15) is 0 Å². The highest BCUT2D eigenvalue weighted by molar-refractivity contribution is 7.80. The van der Waals surface area contributed by atoms with Crippen LogP contribution in [-0.4, -0.2) is 47.9 Å². The average Bonchev–Trinajstić information content (AvgIpc) is 2.26. The molecule has 1 aliphatic rings. The molecule has 0 saturated carbocycles. The molecule has 0 amide bonds. The monoisotopic (exact) mass is 228 g/mol. The van der Waals surface area contributed by atoms with Gasteiger partial charge in [-0.1, -0.05) is 19.1 Å². The molecular formula is C12H24N2S. The zero-order chi connectivity index (χ0) is 11.3. The van der Waals surface area contributed by atoms with Gasteiger partial charge in [-0.05, 0) is 19.8 Å². The van der Waals surface area contributed by atoms with E-state index in [1.165, 1.54) is 25.2 Å². The van der Waals surface area contributed by atoms with Gasteiger partial charge in [0, 0.05) is 38.1 Å². The molecule has 0 aliphatic carbocycles. The van der Waals surface area contributed by atoms with Crippen LogP contribution in [0.3, 0.4) is 0 Å². The van der Waals surface area contributed by atoms with Crippen LogP contribution in [0, 0.1) is 0 Å². The molecule has 1 heterocycles. The molecule has 1 saturated heterocycles. The summed E-state index contributed by atoms with van der Waals surface area (Å²) in [6, 6.07) is 0. The summed E-state index contributed by atoms with van der Waals surface area (Å²) in [5.74, 6) is 0. The lowest BCUT2D eigenvalue weighted by Crippen LogP contribution is -2.48. The molecule has 1 unspecified atom stereocenters. The van der Waals surface area contributed by atoms with Gasteiger partial charge in [-0.25, -0.2) is 0 Å². The van der Waals surface area contributed by atoms with E-state index in [0.717, 1.165) is 25.9 Å². The van der Waals surface area contributed by atoms with Gasteiger partial charge in [0.05, 0.1) is 0 Å². The predicted octanol–water partition coefficient (Wildman–Crippen LogP) is 2.24. The highest BCUT2D eigenvalue weighted by Gasteiger charge is 2.18. The van der Waals surface area contributed by atoms with E-state index in [0.29, 0.717) is 5.37 Å². The topological polar surface area (TPSA) is 6.48 Å². The number of hydrogen-bond acceptors (Lipinski definition) is 3. The first-order valence-corrected chi connectivity index (χ1v) is 6.46. The van der Waals surface area contributed by atoms with Gasteiger partial charge in [0.2, 0.25) is 0 Å². The van der Waals surface area contributed by atoms with Crippen LogP contribution in [0.5, 0.6) is 0 Å². The Balaban J connectivity index is 2.17. The molecule has 0 radical (unpaired) electrons. The number of rotatable bonds is 5. The second-order valence-corrected chi connectivity index (χ2v) is 5.11. The van der Waals surface area contributed by atoms with Crippen molar-refractivity contribution in [3.05, 3.63) is 12.2 Å². The van der Waals surface area contributed by atoms with E-state index in [1.807, 2.05) is 0 Å². The highest BCUT2D eigenvalue weighted by Crippen LogP contribution is 2.10. The van der Waals surface area contributed by atoms with Crippen molar-refractivity contribution in [2.24, 2.45) is 0 Å². The Hall–Kier alpha value is 0.0100. The third kappa shape index (κ3) is 4.58. The molecule has 1 rings (SSSR count). The lowest BCUT2D eigenvalue weighted by molar-refractivity contribution is 0.130. The van der Waals surface area contributed by atoms with Crippen molar-refractivity contribution in [3.63, 3.8) is 0 Å². The summed E-state index contributed by atoms with van der Waals surface area (Å²) in [7, 11) is 0. The lowest BCUT2D eigenvalue weighted by Gasteiger charge is -2.36. The van der Waals surface area contributed by atoms with Crippen LogP contribution in [-0.2, 0) is 0 Å². The maximum atomic E-state index is 4.46. The van der Waals surface area contributed by atoms with Crippen molar-refractivity contribution in [1.29, 1.82) is 0 Å². The Bertz CT molecular complexity index is 196. The Morgan fingerprint density at radius 3 is 2.40 bits per heavy atom. The van der Waals surface area contributed by atoms with Crippen LogP contribution in [0.1, 0.15) is 26.7 Å². The molecule has 0 bridgehead atoms. The first-order valence-electron chi connectivity index (χ1n) is 5.94. The summed E-state index contributed by atoms with van der Waals surface area (Å²) in [6.45, 7) is 14.2. The Labute approximate surface area is 99.7 Å². The average molecular weight is 228 g/mol. The van der Waals surface area contributed by atoms with E-state index >= 15 is 0 Å². The van der Waals surface area contributed by atoms with E-state index in [1.54, 1.807) is 0 Å². The van der Waals surface area contributed by atoms with Gasteiger partial charge in [-0.2, -0.15) is 12.6 Å². The second kappa shape index (κ2) is 6.56. The van der Waals surface area contributed by atoms with Gasteiger partial charge in [-0.15, -0.1) is 0 Å². The van der Waals surface area contributed by atoms with Crippen LogP contribution in [0.25, 0.3) is 0 Å². The van der Waals surface area contributed by atoms with Gasteiger partial charge in [0.1, 0.15) is 0 Å². The van der Waals surface area contributed by atoms with Crippen molar-refractivity contribution in [1.82, 2.24) is 9.80 Å². The van der Waals surface area contributed by atoms with Crippen molar-refractivity contribution < 1.29 is 0 Å². The highest BCUT2D eigenvalue weighted by atomic mass is 32.1. The zero-order valence-electron chi connectivity index (χ0n) is 10.1. The Kier molecular flexibility index (Phi) is 5.72. The van der Waals surface area contributed by atoms with Gasteiger partial charge >= 0.3 is 0 Å². The predicted molar refractivity (Wildman–Crippen MR) is 70.5 cm³/mol. The molecule has 0 N–H and O–H groups in total. The van der Waals surface area contributed by atoms with Crippen LogP contribution in [0.15, 0.2) is 12.2 Å². The first-order chi connectivity index (χ1) is 7.13. The van der Waals surface area contributed by atoms with Gasteiger partial charge in [-0.3, -0.25) is 4.90 Å². The second-order valence-electron chi connectivity index (χ2n) is 4.36. The minimum atomic E-state index is 0.401. The standard InChI is InChI=1S/C12H24N2S/c1-4-11(2)5-6-13-7-9-14(10-8-13)12(3)15/h12,15H,2,4-10H2,1,3H3. The van der Waals surface area contributed by atoms with Gasteiger partial charge < -0.3 is 4.90 Å². The largest absolute Gasteiger partial charge is 0.300 e. The fourth-order valence-corrected chi connectivity index (χ4v) is 2.08. The molecule has 15 heavy (non-hydrogen) atoms. The van der Waals surface area contributed by atoms with Crippen LogP contribution in [0.4, 0.5) is 0 Å². The maximum Gasteiger partial charge on any atom is 0.0500 e. The maximum absolute atomic E-state index is 4.46. The van der Waals surface area contributed by atoms with Crippen molar-refractivity contribution >= 4 is 12.6 Å². The molecule has 2 nitrogen and oxygen atoms in total.